The second-order valence-electron chi connectivity index (χ2n) is 7.83. The van der Waals surface area contributed by atoms with Crippen LogP contribution in [-0.4, -0.2) is 36.0 Å². The van der Waals surface area contributed by atoms with Gasteiger partial charge in [-0.05, 0) is 38.3 Å². The number of carbonyl (C=O) groups excluding carboxylic acids is 3. The molecule has 2 aromatic carbocycles. The summed E-state index contributed by atoms with van der Waals surface area (Å²) in [6, 6.07) is 17.2. The summed E-state index contributed by atoms with van der Waals surface area (Å²) in [7, 11) is 0. The first-order valence-electron chi connectivity index (χ1n) is 9.60. The molecule has 0 spiro atoms. The lowest BCUT2D eigenvalue weighted by Gasteiger charge is -2.24. The molecule has 0 radical (unpaired) electrons. The summed E-state index contributed by atoms with van der Waals surface area (Å²) in [6.07, 6.45) is 0.681. The van der Waals surface area contributed by atoms with Crippen molar-refractivity contribution in [2.24, 2.45) is 0 Å². The predicted molar refractivity (Wildman–Crippen MR) is 111 cm³/mol. The number of aldehydes is 1. The topological polar surface area (TPSA) is 84.5 Å². The monoisotopic (exact) mass is 396 g/mol. The molecule has 29 heavy (non-hydrogen) atoms. The number of nitrogens with one attached hydrogen (secondary N) is 2. The highest BCUT2D eigenvalue weighted by Gasteiger charge is 2.26. The second kappa shape index (κ2) is 10.4. The van der Waals surface area contributed by atoms with E-state index in [1.165, 1.54) is 0 Å². The van der Waals surface area contributed by atoms with Crippen molar-refractivity contribution in [1.82, 2.24) is 10.6 Å². The number of amides is 2. The van der Waals surface area contributed by atoms with E-state index in [1.54, 1.807) is 20.8 Å². The number of carbonyl (C=O) groups is 3. The third-order valence-corrected chi connectivity index (χ3v) is 4.08. The molecule has 154 valence electrons. The van der Waals surface area contributed by atoms with Gasteiger partial charge in [0.1, 0.15) is 17.9 Å². The van der Waals surface area contributed by atoms with Gasteiger partial charge in [-0.25, -0.2) is 4.79 Å². The molecule has 0 bridgehead atoms. The van der Waals surface area contributed by atoms with Crippen LogP contribution in [0.15, 0.2) is 60.7 Å². The van der Waals surface area contributed by atoms with E-state index < -0.39 is 29.7 Å². The zero-order valence-electron chi connectivity index (χ0n) is 17.1. The molecule has 0 saturated carbocycles. The van der Waals surface area contributed by atoms with Gasteiger partial charge < -0.3 is 20.2 Å². The maximum absolute atomic E-state index is 12.9. The van der Waals surface area contributed by atoms with Crippen LogP contribution in [0.4, 0.5) is 4.79 Å². The molecule has 0 aliphatic carbocycles. The Morgan fingerprint density at radius 1 is 0.897 bits per heavy atom. The Bertz CT molecular complexity index is 801. The number of hydrogen-bond acceptors (Lipinski definition) is 4. The van der Waals surface area contributed by atoms with Crippen LogP contribution in [0.5, 0.6) is 0 Å². The van der Waals surface area contributed by atoms with Gasteiger partial charge in [-0.3, -0.25) is 4.79 Å². The Morgan fingerprint density at radius 3 is 1.90 bits per heavy atom. The smallest absolute Gasteiger partial charge is 0.408 e. The Hall–Kier alpha value is -3.15. The van der Waals surface area contributed by atoms with E-state index in [0.29, 0.717) is 12.7 Å². The molecule has 0 saturated heterocycles. The van der Waals surface area contributed by atoms with E-state index in [4.69, 9.17) is 4.74 Å². The van der Waals surface area contributed by atoms with Crippen LogP contribution in [0, 0.1) is 0 Å². The van der Waals surface area contributed by atoms with Crippen LogP contribution >= 0.6 is 0 Å². The molecule has 6 heteroatoms. The van der Waals surface area contributed by atoms with Crippen LogP contribution in [0.1, 0.15) is 31.9 Å². The van der Waals surface area contributed by atoms with Crippen molar-refractivity contribution in [3.8, 4) is 0 Å². The van der Waals surface area contributed by atoms with E-state index in [-0.39, 0.29) is 6.42 Å². The summed E-state index contributed by atoms with van der Waals surface area (Å²) >= 11 is 0. The van der Waals surface area contributed by atoms with Gasteiger partial charge in [-0.1, -0.05) is 60.7 Å². The lowest BCUT2D eigenvalue weighted by molar-refractivity contribution is -0.125. The SMILES string of the molecule is CC(C)(C)OC(=O)N[C@H](Cc1ccccc1)C(=O)N[C@@H](C=O)Cc1ccccc1. The summed E-state index contributed by atoms with van der Waals surface area (Å²) in [4.78, 5) is 36.6. The number of hydrogen-bond donors (Lipinski definition) is 2. The summed E-state index contributed by atoms with van der Waals surface area (Å²) in [5.41, 5.74) is 1.13. The van der Waals surface area contributed by atoms with Gasteiger partial charge in [-0.15, -0.1) is 0 Å². The quantitative estimate of drug-likeness (QED) is 0.672. The minimum absolute atomic E-state index is 0.281. The average Bonchev–Trinajstić information content (AvgIpc) is 2.67. The van der Waals surface area contributed by atoms with Crippen molar-refractivity contribution >= 4 is 18.3 Å². The number of alkyl carbamates (subject to hydrolysis) is 1. The number of benzene rings is 2. The lowest BCUT2D eigenvalue weighted by Crippen LogP contribution is -2.52. The van der Waals surface area contributed by atoms with E-state index in [9.17, 15) is 14.4 Å². The third-order valence-electron chi connectivity index (χ3n) is 4.08. The first-order chi connectivity index (χ1) is 13.8. The molecule has 2 N–H and O–H groups in total. The maximum Gasteiger partial charge on any atom is 0.408 e. The largest absolute Gasteiger partial charge is 0.444 e. The van der Waals surface area contributed by atoms with Gasteiger partial charge in [0.15, 0.2) is 0 Å². The summed E-state index contributed by atoms with van der Waals surface area (Å²) in [6.45, 7) is 5.25. The van der Waals surface area contributed by atoms with Gasteiger partial charge >= 0.3 is 6.09 Å². The van der Waals surface area contributed by atoms with Crippen molar-refractivity contribution in [3.05, 3.63) is 71.8 Å². The molecule has 2 atom stereocenters. The van der Waals surface area contributed by atoms with Gasteiger partial charge in [0.05, 0.1) is 6.04 Å². The zero-order valence-corrected chi connectivity index (χ0v) is 17.1. The van der Waals surface area contributed by atoms with Crippen LogP contribution in [-0.2, 0) is 27.2 Å². The van der Waals surface area contributed by atoms with E-state index >= 15 is 0 Å². The highest BCUT2D eigenvalue weighted by molar-refractivity contribution is 5.88. The van der Waals surface area contributed by atoms with Crippen molar-refractivity contribution in [1.29, 1.82) is 0 Å². The fraction of sp³-hybridized carbons (Fsp3) is 0.348. The average molecular weight is 396 g/mol. The standard InChI is InChI=1S/C23H28N2O4/c1-23(2,3)29-22(28)25-20(15-18-12-8-5-9-13-18)21(27)24-19(16-26)14-17-10-6-4-7-11-17/h4-13,16,19-20H,14-15H2,1-3H3,(H,24,27)(H,25,28)/t19-,20-/m1/s1. The van der Waals surface area contributed by atoms with Crippen molar-refractivity contribution < 1.29 is 19.1 Å². The van der Waals surface area contributed by atoms with Crippen LogP contribution in [0.3, 0.4) is 0 Å². The van der Waals surface area contributed by atoms with E-state index in [1.807, 2.05) is 60.7 Å². The van der Waals surface area contributed by atoms with Crippen LogP contribution in [0.2, 0.25) is 0 Å². The maximum atomic E-state index is 12.9. The third kappa shape index (κ3) is 8.17. The normalized spacial score (nSPS) is 13.1. The van der Waals surface area contributed by atoms with E-state index in [2.05, 4.69) is 10.6 Å². The molecule has 6 nitrogen and oxygen atoms in total. The Labute approximate surface area is 171 Å². The molecule has 0 heterocycles. The molecule has 0 aliphatic rings. The summed E-state index contributed by atoms with van der Waals surface area (Å²) in [5.74, 6) is -0.437. The second-order valence-corrected chi connectivity index (χ2v) is 7.83. The molecule has 2 aromatic rings. The van der Waals surface area contributed by atoms with Gasteiger partial charge in [0.2, 0.25) is 5.91 Å². The van der Waals surface area contributed by atoms with Gasteiger partial charge in [0, 0.05) is 6.42 Å². The lowest BCUT2D eigenvalue weighted by atomic mass is 10.0. The molecule has 0 aromatic heterocycles. The van der Waals surface area contributed by atoms with Crippen LogP contribution < -0.4 is 10.6 Å². The Balaban J connectivity index is 2.09. The first kappa shape index (κ1) is 22.1. The number of ether oxygens (including phenoxy) is 1. The molecular weight excluding hydrogens is 368 g/mol. The highest BCUT2D eigenvalue weighted by atomic mass is 16.6. The molecule has 2 amide bonds. The van der Waals surface area contributed by atoms with Gasteiger partial charge in [-0.2, -0.15) is 0 Å². The summed E-state index contributed by atoms with van der Waals surface area (Å²) in [5, 5.41) is 5.35. The van der Waals surface area contributed by atoms with E-state index in [0.717, 1.165) is 11.1 Å². The summed E-state index contributed by atoms with van der Waals surface area (Å²) < 4.78 is 5.28. The fourth-order valence-corrected chi connectivity index (χ4v) is 2.79. The Morgan fingerprint density at radius 2 is 1.41 bits per heavy atom. The molecule has 0 aliphatic heterocycles. The molecule has 0 fully saturated rings. The molecular formula is C23H28N2O4. The molecule has 0 unspecified atom stereocenters. The minimum atomic E-state index is -0.870. The zero-order chi connectivity index (χ0) is 21.3. The van der Waals surface area contributed by atoms with Crippen molar-refractivity contribution in [2.75, 3.05) is 0 Å². The minimum Gasteiger partial charge on any atom is -0.444 e. The van der Waals surface area contributed by atoms with Gasteiger partial charge in [0.25, 0.3) is 0 Å². The van der Waals surface area contributed by atoms with Crippen LogP contribution in [0.25, 0.3) is 0 Å². The fourth-order valence-electron chi connectivity index (χ4n) is 2.79. The predicted octanol–water partition coefficient (Wildman–Crippen LogP) is 3.05. The van der Waals surface area contributed by atoms with Crippen molar-refractivity contribution in [2.45, 2.75) is 51.3 Å². The molecule has 2 rings (SSSR count). The van der Waals surface area contributed by atoms with Crippen molar-refractivity contribution in [3.63, 3.8) is 0 Å². The number of rotatable bonds is 8. The first-order valence-corrected chi connectivity index (χ1v) is 9.60. The highest BCUT2D eigenvalue weighted by Crippen LogP contribution is 2.09. The Kier molecular flexibility index (Phi) is 7.95.